The summed E-state index contributed by atoms with van der Waals surface area (Å²) in [6.07, 6.45) is 5.54. The molecule has 1 aliphatic rings. The highest BCUT2D eigenvalue weighted by atomic mass is 16.5. The summed E-state index contributed by atoms with van der Waals surface area (Å²) in [5, 5.41) is 4.31. The molecule has 1 aromatic carbocycles. The maximum Gasteiger partial charge on any atom is 0.326 e. The van der Waals surface area contributed by atoms with Gasteiger partial charge in [0, 0.05) is 32.0 Å². The van der Waals surface area contributed by atoms with Crippen molar-refractivity contribution in [2.75, 3.05) is 40.5 Å². The van der Waals surface area contributed by atoms with Crippen LogP contribution >= 0.6 is 0 Å². The molecule has 1 unspecified atom stereocenters. The van der Waals surface area contributed by atoms with E-state index in [1.807, 2.05) is 16.8 Å². The van der Waals surface area contributed by atoms with Gasteiger partial charge >= 0.3 is 5.69 Å². The zero-order valence-electron chi connectivity index (χ0n) is 20.2. The Labute approximate surface area is 198 Å². The Bertz CT molecular complexity index is 1370. The topological polar surface area (TPSA) is 89.7 Å². The summed E-state index contributed by atoms with van der Waals surface area (Å²) in [5.41, 5.74) is 5.63. The van der Waals surface area contributed by atoms with Gasteiger partial charge < -0.3 is 14.5 Å². The van der Waals surface area contributed by atoms with Crippen molar-refractivity contribution in [1.29, 1.82) is 0 Å². The molecule has 1 aliphatic heterocycles. The predicted octanol–water partition coefficient (Wildman–Crippen LogP) is 3.45. The SMILES string of the molecule is COCCN1CCCC(n2c(=O)[nH]c3cc(-c4cc(OC)c5ncnn5c4)c(C(C)C)cc32)C1. The molecule has 0 bridgehead atoms. The smallest absolute Gasteiger partial charge is 0.326 e. The number of hydrogen-bond acceptors (Lipinski definition) is 6. The lowest BCUT2D eigenvalue weighted by Crippen LogP contribution is -2.40. The Morgan fingerprint density at radius 2 is 2.09 bits per heavy atom. The van der Waals surface area contributed by atoms with Crippen molar-refractivity contribution < 1.29 is 9.47 Å². The normalized spacial score (nSPS) is 17.3. The van der Waals surface area contributed by atoms with Crippen LogP contribution in [0.3, 0.4) is 0 Å². The summed E-state index contributed by atoms with van der Waals surface area (Å²) in [5.74, 6) is 0.925. The monoisotopic (exact) mass is 464 g/mol. The first-order valence-electron chi connectivity index (χ1n) is 11.9. The lowest BCUT2D eigenvalue weighted by Gasteiger charge is -2.33. The minimum atomic E-state index is -0.0512. The number of aromatic nitrogens is 5. The zero-order chi connectivity index (χ0) is 23.8. The van der Waals surface area contributed by atoms with Crippen LogP contribution in [0.4, 0.5) is 0 Å². The van der Waals surface area contributed by atoms with Crippen LogP contribution in [0.2, 0.25) is 0 Å². The van der Waals surface area contributed by atoms with Gasteiger partial charge in [0.25, 0.3) is 0 Å². The summed E-state index contributed by atoms with van der Waals surface area (Å²) < 4.78 is 14.5. The summed E-state index contributed by atoms with van der Waals surface area (Å²) in [4.78, 5) is 22.9. The van der Waals surface area contributed by atoms with Gasteiger partial charge in [0.15, 0.2) is 11.4 Å². The van der Waals surface area contributed by atoms with Gasteiger partial charge in [-0.15, -0.1) is 0 Å². The Kier molecular flexibility index (Phi) is 6.14. The number of piperidine rings is 1. The maximum atomic E-state index is 13.1. The lowest BCUT2D eigenvalue weighted by atomic mass is 9.92. The minimum absolute atomic E-state index is 0.0512. The standard InChI is InChI=1S/C25H32N6O3/c1-16(2)19-12-22-21(11-20(19)17-10-23(34-4)24-26-15-27-30(24)13-17)28-25(32)31(22)18-6-5-7-29(14-18)8-9-33-3/h10-13,15-16,18H,5-9,14H2,1-4H3,(H,28,32). The van der Waals surface area contributed by atoms with E-state index in [0.717, 1.165) is 54.6 Å². The molecule has 0 aliphatic carbocycles. The van der Waals surface area contributed by atoms with E-state index in [4.69, 9.17) is 9.47 Å². The van der Waals surface area contributed by atoms with Gasteiger partial charge in [-0.3, -0.25) is 9.47 Å². The highest BCUT2D eigenvalue weighted by Crippen LogP contribution is 2.36. The lowest BCUT2D eigenvalue weighted by molar-refractivity contribution is 0.117. The molecule has 0 radical (unpaired) electrons. The van der Waals surface area contributed by atoms with Gasteiger partial charge in [0.2, 0.25) is 0 Å². The molecule has 1 saturated heterocycles. The molecule has 4 aromatic rings. The van der Waals surface area contributed by atoms with Gasteiger partial charge in [-0.1, -0.05) is 13.8 Å². The fraction of sp³-hybridized carbons (Fsp3) is 0.480. The number of rotatable bonds is 7. The van der Waals surface area contributed by atoms with E-state index in [2.05, 4.69) is 45.9 Å². The van der Waals surface area contributed by atoms with Gasteiger partial charge in [-0.2, -0.15) is 5.10 Å². The summed E-state index contributed by atoms with van der Waals surface area (Å²) >= 11 is 0. The van der Waals surface area contributed by atoms with E-state index in [0.29, 0.717) is 18.0 Å². The Hall–Kier alpha value is -3.17. The number of ether oxygens (including phenoxy) is 2. The van der Waals surface area contributed by atoms with E-state index >= 15 is 0 Å². The average molecular weight is 465 g/mol. The average Bonchev–Trinajstić information content (AvgIpc) is 3.44. The number of fused-ring (bicyclic) bond motifs is 2. The van der Waals surface area contributed by atoms with Crippen molar-refractivity contribution in [1.82, 2.24) is 29.0 Å². The summed E-state index contributed by atoms with van der Waals surface area (Å²) in [7, 11) is 3.37. The predicted molar refractivity (Wildman–Crippen MR) is 132 cm³/mol. The Balaban J connectivity index is 1.61. The van der Waals surface area contributed by atoms with Crippen LogP contribution in [-0.4, -0.2) is 69.5 Å². The third kappa shape index (κ3) is 3.99. The van der Waals surface area contributed by atoms with Crippen molar-refractivity contribution in [3.63, 3.8) is 0 Å². The molecular weight excluding hydrogens is 432 g/mol. The molecule has 5 rings (SSSR count). The van der Waals surface area contributed by atoms with E-state index in [9.17, 15) is 4.79 Å². The molecule has 0 amide bonds. The first kappa shape index (κ1) is 22.6. The first-order chi connectivity index (χ1) is 16.5. The number of benzene rings is 1. The van der Waals surface area contributed by atoms with Crippen LogP contribution in [0.1, 0.15) is 44.2 Å². The fourth-order valence-corrected chi connectivity index (χ4v) is 5.14. The van der Waals surface area contributed by atoms with Gasteiger partial charge in [-0.25, -0.2) is 14.3 Å². The van der Waals surface area contributed by atoms with E-state index < -0.39 is 0 Å². The van der Waals surface area contributed by atoms with E-state index in [-0.39, 0.29) is 17.6 Å². The zero-order valence-corrected chi connectivity index (χ0v) is 20.2. The van der Waals surface area contributed by atoms with Crippen LogP contribution in [0.5, 0.6) is 5.75 Å². The van der Waals surface area contributed by atoms with Gasteiger partial charge in [0.1, 0.15) is 6.33 Å². The number of likely N-dealkylation sites (tertiary alicyclic amines) is 1. The highest BCUT2D eigenvalue weighted by molar-refractivity contribution is 5.85. The molecule has 1 atom stereocenters. The molecule has 34 heavy (non-hydrogen) atoms. The second kappa shape index (κ2) is 9.23. The van der Waals surface area contributed by atoms with Crippen molar-refractivity contribution in [2.45, 2.75) is 38.6 Å². The number of imidazole rings is 1. The second-order valence-electron chi connectivity index (χ2n) is 9.33. The van der Waals surface area contributed by atoms with Crippen LogP contribution in [0.25, 0.3) is 27.8 Å². The number of aromatic amines is 1. The van der Waals surface area contributed by atoms with E-state index in [1.165, 1.54) is 11.9 Å². The van der Waals surface area contributed by atoms with Crippen molar-refractivity contribution in [3.8, 4) is 16.9 Å². The third-order valence-electron chi connectivity index (χ3n) is 6.84. The third-order valence-corrected chi connectivity index (χ3v) is 6.84. The van der Waals surface area contributed by atoms with Crippen LogP contribution in [0, 0.1) is 0 Å². The molecule has 0 saturated carbocycles. The molecular formula is C25H32N6O3. The fourth-order valence-electron chi connectivity index (χ4n) is 5.14. The molecule has 1 fully saturated rings. The highest BCUT2D eigenvalue weighted by Gasteiger charge is 2.25. The number of nitrogens with zero attached hydrogens (tertiary/aromatic N) is 5. The van der Waals surface area contributed by atoms with Crippen molar-refractivity contribution >= 4 is 16.7 Å². The quantitative estimate of drug-likeness (QED) is 0.451. The Morgan fingerprint density at radius 3 is 2.85 bits per heavy atom. The van der Waals surface area contributed by atoms with Crippen LogP contribution < -0.4 is 10.4 Å². The summed E-state index contributed by atoms with van der Waals surface area (Å²) in [6, 6.07) is 6.40. The van der Waals surface area contributed by atoms with Crippen molar-refractivity contribution in [2.24, 2.45) is 0 Å². The molecule has 1 N–H and O–H groups in total. The minimum Gasteiger partial charge on any atom is -0.493 e. The number of methoxy groups -OCH3 is 2. The van der Waals surface area contributed by atoms with Crippen LogP contribution in [-0.2, 0) is 4.74 Å². The first-order valence-corrected chi connectivity index (χ1v) is 11.9. The Morgan fingerprint density at radius 1 is 1.24 bits per heavy atom. The molecule has 9 nitrogen and oxygen atoms in total. The second-order valence-corrected chi connectivity index (χ2v) is 9.33. The number of pyridine rings is 1. The van der Waals surface area contributed by atoms with Gasteiger partial charge in [0.05, 0.1) is 30.8 Å². The van der Waals surface area contributed by atoms with Crippen molar-refractivity contribution in [3.05, 3.63) is 46.8 Å². The number of nitrogens with one attached hydrogen (secondary N) is 1. The molecule has 9 heteroatoms. The van der Waals surface area contributed by atoms with Gasteiger partial charge in [-0.05, 0) is 54.6 Å². The molecule has 3 aromatic heterocycles. The molecule has 4 heterocycles. The molecule has 180 valence electrons. The number of hydrogen-bond donors (Lipinski definition) is 1. The number of H-pyrrole nitrogens is 1. The van der Waals surface area contributed by atoms with E-state index in [1.54, 1.807) is 18.7 Å². The maximum absolute atomic E-state index is 13.1. The largest absolute Gasteiger partial charge is 0.493 e. The van der Waals surface area contributed by atoms with Crippen LogP contribution in [0.15, 0.2) is 35.5 Å². The molecule has 0 spiro atoms. The summed E-state index contributed by atoms with van der Waals surface area (Å²) in [6.45, 7) is 7.85.